The van der Waals surface area contributed by atoms with Crippen LogP contribution < -0.4 is 4.74 Å². The molecule has 0 spiro atoms. The van der Waals surface area contributed by atoms with Gasteiger partial charge < -0.3 is 9.47 Å². The van der Waals surface area contributed by atoms with E-state index in [2.05, 4.69) is 15.1 Å². The molecule has 102 valence electrons. The van der Waals surface area contributed by atoms with Gasteiger partial charge >= 0.3 is 0 Å². The van der Waals surface area contributed by atoms with Crippen LogP contribution in [0, 0.1) is 0 Å². The first-order valence-corrected chi connectivity index (χ1v) is 6.24. The van der Waals surface area contributed by atoms with Crippen molar-refractivity contribution in [2.75, 3.05) is 20.3 Å². The van der Waals surface area contributed by atoms with Crippen LogP contribution in [0.1, 0.15) is 0 Å². The number of benzene rings is 1. The van der Waals surface area contributed by atoms with Gasteiger partial charge in [-0.3, -0.25) is 0 Å². The highest BCUT2D eigenvalue weighted by atomic mass is 16.5. The van der Waals surface area contributed by atoms with Crippen molar-refractivity contribution in [1.29, 1.82) is 0 Å². The smallest absolute Gasteiger partial charge is 0.252 e. The Balaban J connectivity index is 1.79. The average Bonchev–Trinajstić information content (AvgIpc) is 2.96. The quantitative estimate of drug-likeness (QED) is 0.662. The Morgan fingerprint density at radius 3 is 2.70 bits per heavy atom. The summed E-state index contributed by atoms with van der Waals surface area (Å²) >= 11 is 0. The molecule has 3 rings (SSSR count). The van der Waals surface area contributed by atoms with Crippen LogP contribution in [0.15, 0.2) is 43.0 Å². The van der Waals surface area contributed by atoms with Crippen molar-refractivity contribution in [3.8, 4) is 16.9 Å². The summed E-state index contributed by atoms with van der Waals surface area (Å²) in [6.07, 6.45) is 5.17. The van der Waals surface area contributed by atoms with Gasteiger partial charge in [-0.1, -0.05) is 12.1 Å². The summed E-state index contributed by atoms with van der Waals surface area (Å²) in [5.41, 5.74) is 2.03. The van der Waals surface area contributed by atoms with Gasteiger partial charge in [-0.2, -0.15) is 10.1 Å². The second kappa shape index (κ2) is 5.66. The van der Waals surface area contributed by atoms with E-state index in [1.807, 2.05) is 30.5 Å². The molecule has 20 heavy (non-hydrogen) atoms. The Labute approximate surface area is 116 Å². The molecule has 0 aliphatic carbocycles. The molecule has 6 heteroatoms. The number of methoxy groups -OCH3 is 1. The van der Waals surface area contributed by atoms with Crippen molar-refractivity contribution in [3.63, 3.8) is 0 Å². The van der Waals surface area contributed by atoms with Crippen molar-refractivity contribution in [3.05, 3.63) is 43.0 Å². The number of ether oxygens (including phenoxy) is 2. The van der Waals surface area contributed by atoms with Crippen LogP contribution in [0.4, 0.5) is 0 Å². The Bertz CT molecular complexity index is 694. The first-order chi connectivity index (χ1) is 9.86. The number of hydrogen-bond donors (Lipinski definition) is 0. The molecule has 1 aromatic carbocycles. The van der Waals surface area contributed by atoms with Gasteiger partial charge in [0.25, 0.3) is 5.78 Å². The third-order valence-electron chi connectivity index (χ3n) is 2.88. The van der Waals surface area contributed by atoms with Gasteiger partial charge in [-0.05, 0) is 17.7 Å². The van der Waals surface area contributed by atoms with Crippen molar-refractivity contribution in [2.45, 2.75) is 0 Å². The van der Waals surface area contributed by atoms with E-state index in [0.29, 0.717) is 19.0 Å². The van der Waals surface area contributed by atoms with Gasteiger partial charge in [-0.15, -0.1) is 0 Å². The van der Waals surface area contributed by atoms with E-state index in [9.17, 15) is 0 Å². The van der Waals surface area contributed by atoms with Crippen LogP contribution in [0.25, 0.3) is 16.9 Å². The van der Waals surface area contributed by atoms with E-state index < -0.39 is 0 Å². The molecule has 2 aromatic heterocycles. The monoisotopic (exact) mass is 270 g/mol. The number of nitrogens with zero attached hydrogens (tertiary/aromatic N) is 4. The first kappa shape index (κ1) is 12.6. The lowest BCUT2D eigenvalue weighted by molar-refractivity contribution is 0.146. The predicted molar refractivity (Wildman–Crippen MR) is 73.6 cm³/mol. The van der Waals surface area contributed by atoms with Crippen molar-refractivity contribution in [1.82, 2.24) is 19.6 Å². The van der Waals surface area contributed by atoms with E-state index in [4.69, 9.17) is 9.47 Å². The maximum absolute atomic E-state index is 5.53. The molecule has 0 atom stereocenters. The lowest BCUT2D eigenvalue weighted by Gasteiger charge is -2.06. The molecule has 0 aliphatic heterocycles. The normalized spacial score (nSPS) is 10.8. The summed E-state index contributed by atoms with van der Waals surface area (Å²) in [5, 5.41) is 4.08. The first-order valence-electron chi connectivity index (χ1n) is 6.24. The zero-order valence-corrected chi connectivity index (χ0v) is 11.1. The number of fused-ring (bicyclic) bond motifs is 1. The molecule has 0 unspecified atom stereocenters. The number of aromatic nitrogens is 4. The minimum absolute atomic E-state index is 0.544. The van der Waals surface area contributed by atoms with Gasteiger partial charge in [0.05, 0.1) is 6.61 Å². The molecular formula is C14H14N4O2. The lowest BCUT2D eigenvalue weighted by atomic mass is 10.1. The van der Waals surface area contributed by atoms with Gasteiger partial charge in [0.1, 0.15) is 18.7 Å². The Kier molecular flexibility index (Phi) is 3.56. The third kappa shape index (κ3) is 2.60. The molecular weight excluding hydrogens is 256 g/mol. The zero-order valence-electron chi connectivity index (χ0n) is 11.1. The largest absolute Gasteiger partial charge is 0.491 e. The Hall–Kier alpha value is -2.47. The van der Waals surface area contributed by atoms with E-state index in [1.54, 1.807) is 17.8 Å². The van der Waals surface area contributed by atoms with Crippen molar-refractivity contribution >= 4 is 5.78 Å². The number of hydrogen-bond acceptors (Lipinski definition) is 5. The molecule has 0 bridgehead atoms. The summed E-state index contributed by atoms with van der Waals surface area (Å²) in [7, 11) is 1.65. The Morgan fingerprint density at radius 2 is 1.90 bits per heavy atom. The van der Waals surface area contributed by atoms with E-state index in [-0.39, 0.29) is 0 Å². The second-order valence-corrected chi connectivity index (χ2v) is 4.21. The zero-order chi connectivity index (χ0) is 13.8. The van der Waals surface area contributed by atoms with Crippen LogP contribution in [-0.4, -0.2) is 39.9 Å². The molecule has 0 radical (unpaired) electrons. The molecule has 0 aliphatic rings. The predicted octanol–water partition coefficient (Wildman–Crippen LogP) is 1.82. The van der Waals surface area contributed by atoms with Gasteiger partial charge in [0, 0.05) is 25.1 Å². The fourth-order valence-electron chi connectivity index (χ4n) is 1.86. The van der Waals surface area contributed by atoms with Gasteiger partial charge in [0.15, 0.2) is 0 Å². The van der Waals surface area contributed by atoms with Gasteiger partial charge in [-0.25, -0.2) is 9.50 Å². The molecule has 0 saturated heterocycles. The van der Waals surface area contributed by atoms with Crippen LogP contribution in [0.2, 0.25) is 0 Å². The SMILES string of the molecule is COCCOc1ccc(-c2cnc3ncnn3c2)cc1. The molecule has 6 nitrogen and oxygen atoms in total. The molecule has 0 amide bonds. The summed E-state index contributed by atoms with van der Waals surface area (Å²) in [4.78, 5) is 8.26. The fraction of sp³-hybridized carbons (Fsp3) is 0.214. The molecule has 2 heterocycles. The highest BCUT2D eigenvalue weighted by Crippen LogP contribution is 2.21. The highest BCUT2D eigenvalue weighted by molar-refractivity contribution is 5.63. The lowest BCUT2D eigenvalue weighted by Crippen LogP contribution is -2.03. The summed E-state index contributed by atoms with van der Waals surface area (Å²) in [6.45, 7) is 1.12. The van der Waals surface area contributed by atoms with E-state index in [0.717, 1.165) is 16.9 Å². The summed E-state index contributed by atoms with van der Waals surface area (Å²) in [5.74, 6) is 1.41. The van der Waals surface area contributed by atoms with Crippen molar-refractivity contribution < 1.29 is 9.47 Å². The molecule has 0 N–H and O–H groups in total. The topological polar surface area (TPSA) is 61.5 Å². The maximum Gasteiger partial charge on any atom is 0.252 e. The average molecular weight is 270 g/mol. The van der Waals surface area contributed by atoms with Crippen LogP contribution in [-0.2, 0) is 4.74 Å². The van der Waals surface area contributed by atoms with E-state index >= 15 is 0 Å². The third-order valence-corrected chi connectivity index (χ3v) is 2.88. The molecule has 0 saturated carbocycles. The number of rotatable bonds is 5. The van der Waals surface area contributed by atoms with Crippen LogP contribution in [0.3, 0.4) is 0 Å². The van der Waals surface area contributed by atoms with Gasteiger partial charge in [0.2, 0.25) is 0 Å². The fourth-order valence-corrected chi connectivity index (χ4v) is 1.86. The summed E-state index contributed by atoms with van der Waals surface area (Å²) < 4.78 is 12.1. The molecule has 3 aromatic rings. The maximum atomic E-state index is 5.53. The minimum atomic E-state index is 0.544. The molecule has 0 fully saturated rings. The highest BCUT2D eigenvalue weighted by Gasteiger charge is 2.02. The van der Waals surface area contributed by atoms with E-state index in [1.165, 1.54) is 6.33 Å². The van der Waals surface area contributed by atoms with Crippen molar-refractivity contribution in [2.24, 2.45) is 0 Å². The standard InChI is InChI=1S/C14H14N4O2/c1-19-6-7-20-13-4-2-11(3-5-13)12-8-15-14-16-10-17-18(14)9-12/h2-5,8-10H,6-7H2,1H3. The van der Waals surface area contributed by atoms with Crippen LogP contribution >= 0.6 is 0 Å². The second-order valence-electron chi connectivity index (χ2n) is 4.21. The Morgan fingerprint density at radius 1 is 1.05 bits per heavy atom. The minimum Gasteiger partial charge on any atom is -0.491 e. The van der Waals surface area contributed by atoms with Crippen LogP contribution in [0.5, 0.6) is 5.75 Å². The summed E-state index contributed by atoms with van der Waals surface area (Å²) in [6, 6.07) is 7.83.